The molecule has 1 N–H and O–H groups in total. The van der Waals surface area contributed by atoms with Gasteiger partial charge in [0, 0.05) is 19.3 Å². The molecule has 1 rings (SSSR count). The fraction of sp³-hybridized carbons (Fsp3) is 0.364. The van der Waals surface area contributed by atoms with Gasteiger partial charge in [-0.15, -0.1) is 0 Å². The molecule has 0 aliphatic carbocycles. The summed E-state index contributed by atoms with van der Waals surface area (Å²) in [6.07, 6.45) is 7.89. The summed E-state index contributed by atoms with van der Waals surface area (Å²) >= 11 is 0. The first-order valence-corrected chi connectivity index (χ1v) is 4.70. The number of rotatable bonds is 2. The first-order valence-electron chi connectivity index (χ1n) is 4.70. The Balaban J connectivity index is 3.08. The van der Waals surface area contributed by atoms with Gasteiger partial charge in [0.1, 0.15) is 0 Å². The average Bonchev–Trinajstić information content (AvgIpc) is 2.18. The Labute approximate surface area is 84.8 Å². The number of urea groups is 1. The number of amides is 2. The summed E-state index contributed by atoms with van der Waals surface area (Å²) in [5.74, 6) is 0. The van der Waals surface area contributed by atoms with E-state index in [1.54, 1.807) is 11.9 Å². The maximum atomic E-state index is 11.4. The molecule has 1 aliphatic heterocycles. The molecule has 0 aromatic heterocycles. The van der Waals surface area contributed by atoms with E-state index in [1.807, 2.05) is 38.2 Å². The second kappa shape index (κ2) is 4.65. The van der Waals surface area contributed by atoms with Gasteiger partial charge in [0.25, 0.3) is 0 Å². The third-order valence-corrected chi connectivity index (χ3v) is 2.12. The van der Waals surface area contributed by atoms with Crippen LogP contribution in [0.4, 0.5) is 4.79 Å². The van der Waals surface area contributed by atoms with Crippen LogP contribution in [0.1, 0.15) is 13.8 Å². The van der Waals surface area contributed by atoms with E-state index in [0.717, 1.165) is 11.3 Å². The van der Waals surface area contributed by atoms with Gasteiger partial charge in [0.05, 0.1) is 0 Å². The van der Waals surface area contributed by atoms with Crippen molar-refractivity contribution in [3.63, 3.8) is 0 Å². The summed E-state index contributed by atoms with van der Waals surface area (Å²) in [6.45, 7) is 4.52. The monoisotopic (exact) mass is 192 g/mol. The second-order valence-electron chi connectivity index (χ2n) is 3.13. The number of hydrogen-bond acceptors (Lipinski definition) is 1. The van der Waals surface area contributed by atoms with Crippen molar-refractivity contribution in [1.82, 2.24) is 10.2 Å². The van der Waals surface area contributed by atoms with Crippen LogP contribution in [0, 0.1) is 0 Å². The van der Waals surface area contributed by atoms with E-state index in [9.17, 15) is 4.79 Å². The lowest BCUT2D eigenvalue weighted by Gasteiger charge is -2.26. The zero-order valence-corrected chi connectivity index (χ0v) is 8.87. The maximum absolute atomic E-state index is 11.4. The molecule has 0 radical (unpaired) electrons. The topological polar surface area (TPSA) is 32.3 Å². The third-order valence-electron chi connectivity index (χ3n) is 2.12. The number of nitrogens with one attached hydrogen (secondary N) is 1. The minimum Gasteiger partial charge on any atom is -0.334 e. The standard InChI is InChI=1S/C11H16N2O/c1-4-6-9-8-12-11(14)13(3)10(9)7-5-2/h4-7H,8H2,1-3H3,(H,12,14)/b6-4-,7-5-. The summed E-state index contributed by atoms with van der Waals surface area (Å²) in [4.78, 5) is 13.0. The highest BCUT2D eigenvalue weighted by Crippen LogP contribution is 2.15. The van der Waals surface area contributed by atoms with Crippen LogP contribution in [0.5, 0.6) is 0 Å². The number of carbonyl (C=O) groups is 1. The van der Waals surface area contributed by atoms with E-state index < -0.39 is 0 Å². The zero-order valence-electron chi connectivity index (χ0n) is 8.87. The van der Waals surface area contributed by atoms with Gasteiger partial charge in [-0.2, -0.15) is 0 Å². The van der Waals surface area contributed by atoms with Crippen LogP contribution in [0.15, 0.2) is 35.6 Å². The Hall–Kier alpha value is -1.51. The molecular formula is C11H16N2O. The number of allylic oxidation sites excluding steroid dienone is 3. The Bertz CT molecular complexity index is 313. The van der Waals surface area contributed by atoms with Crippen molar-refractivity contribution in [2.75, 3.05) is 13.6 Å². The van der Waals surface area contributed by atoms with Gasteiger partial charge in [-0.3, -0.25) is 4.90 Å². The quantitative estimate of drug-likeness (QED) is 0.713. The number of carbonyl (C=O) groups excluding carboxylic acids is 1. The van der Waals surface area contributed by atoms with E-state index in [-0.39, 0.29) is 6.03 Å². The van der Waals surface area contributed by atoms with Crippen molar-refractivity contribution >= 4 is 6.03 Å². The van der Waals surface area contributed by atoms with E-state index in [1.165, 1.54) is 0 Å². The van der Waals surface area contributed by atoms with E-state index in [4.69, 9.17) is 0 Å². The molecule has 0 fully saturated rings. The predicted octanol–water partition coefficient (Wildman–Crippen LogP) is 2.05. The Morgan fingerprint density at radius 3 is 2.50 bits per heavy atom. The fourth-order valence-corrected chi connectivity index (χ4v) is 1.43. The van der Waals surface area contributed by atoms with Gasteiger partial charge in [-0.05, 0) is 25.5 Å². The molecule has 76 valence electrons. The van der Waals surface area contributed by atoms with Crippen molar-refractivity contribution in [2.45, 2.75) is 13.8 Å². The van der Waals surface area contributed by atoms with Gasteiger partial charge in [-0.1, -0.05) is 18.2 Å². The van der Waals surface area contributed by atoms with Gasteiger partial charge < -0.3 is 5.32 Å². The fourth-order valence-electron chi connectivity index (χ4n) is 1.43. The Morgan fingerprint density at radius 2 is 1.93 bits per heavy atom. The summed E-state index contributed by atoms with van der Waals surface area (Å²) < 4.78 is 0. The molecule has 0 aromatic rings. The van der Waals surface area contributed by atoms with Crippen LogP contribution in [0.25, 0.3) is 0 Å². The smallest absolute Gasteiger partial charge is 0.321 e. The molecule has 0 atom stereocenters. The molecule has 0 saturated carbocycles. The summed E-state index contributed by atoms with van der Waals surface area (Å²) in [7, 11) is 1.77. The van der Waals surface area contributed by atoms with Crippen molar-refractivity contribution in [3.05, 3.63) is 35.6 Å². The van der Waals surface area contributed by atoms with Crippen molar-refractivity contribution in [1.29, 1.82) is 0 Å². The highest BCUT2D eigenvalue weighted by molar-refractivity contribution is 5.79. The largest absolute Gasteiger partial charge is 0.334 e. The first-order chi connectivity index (χ1) is 6.70. The third kappa shape index (κ3) is 2.05. The molecule has 1 heterocycles. The SMILES string of the molecule is C/C=C\C1=C(/C=C\C)N(C)C(=O)NC1. The number of hydrogen-bond donors (Lipinski definition) is 1. The summed E-state index contributed by atoms with van der Waals surface area (Å²) in [5.41, 5.74) is 2.10. The number of likely N-dealkylation sites (N-methyl/N-ethyl adjacent to an activating group) is 1. The predicted molar refractivity (Wildman–Crippen MR) is 57.8 cm³/mol. The molecule has 0 bridgehead atoms. The molecule has 3 nitrogen and oxygen atoms in total. The van der Waals surface area contributed by atoms with Crippen LogP contribution < -0.4 is 5.32 Å². The maximum Gasteiger partial charge on any atom is 0.321 e. The van der Waals surface area contributed by atoms with Crippen LogP contribution in [-0.2, 0) is 0 Å². The number of nitrogens with zero attached hydrogens (tertiary/aromatic N) is 1. The van der Waals surface area contributed by atoms with Gasteiger partial charge >= 0.3 is 6.03 Å². The first kappa shape index (κ1) is 10.6. The minimum atomic E-state index is -0.0497. The average molecular weight is 192 g/mol. The highest BCUT2D eigenvalue weighted by Gasteiger charge is 2.19. The molecule has 0 saturated heterocycles. The van der Waals surface area contributed by atoms with Crippen molar-refractivity contribution in [3.8, 4) is 0 Å². The van der Waals surface area contributed by atoms with Gasteiger partial charge in [-0.25, -0.2) is 4.79 Å². The molecule has 14 heavy (non-hydrogen) atoms. The Kier molecular flexibility index (Phi) is 3.51. The van der Waals surface area contributed by atoms with E-state index in [2.05, 4.69) is 5.32 Å². The molecule has 3 heteroatoms. The van der Waals surface area contributed by atoms with Gasteiger partial charge in [0.2, 0.25) is 0 Å². The molecule has 0 spiro atoms. The van der Waals surface area contributed by atoms with E-state index >= 15 is 0 Å². The Morgan fingerprint density at radius 1 is 1.29 bits per heavy atom. The molecule has 0 unspecified atom stereocenters. The van der Waals surface area contributed by atoms with Gasteiger partial charge in [0.15, 0.2) is 0 Å². The molecule has 2 amide bonds. The molecule has 0 aromatic carbocycles. The van der Waals surface area contributed by atoms with Crippen molar-refractivity contribution < 1.29 is 4.79 Å². The van der Waals surface area contributed by atoms with Crippen LogP contribution in [0.3, 0.4) is 0 Å². The lowest BCUT2D eigenvalue weighted by molar-refractivity contribution is 0.218. The second-order valence-corrected chi connectivity index (χ2v) is 3.13. The van der Waals surface area contributed by atoms with Crippen molar-refractivity contribution in [2.24, 2.45) is 0 Å². The van der Waals surface area contributed by atoms with Crippen LogP contribution in [0.2, 0.25) is 0 Å². The minimum absolute atomic E-state index is 0.0497. The lowest BCUT2D eigenvalue weighted by Crippen LogP contribution is -2.42. The highest BCUT2D eigenvalue weighted by atomic mass is 16.2. The lowest BCUT2D eigenvalue weighted by atomic mass is 10.1. The van der Waals surface area contributed by atoms with Crippen LogP contribution >= 0.6 is 0 Å². The van der Waals surface area contributed by atoms with Crippen LogP contribution in [-0.4, -0.2) is 24.5 Å². The zero-order chi connectivity index (χ0) is 10.6. The molecular weight excluding hydrogens is 176 g/mol. The normalized spacial score (nSPS) is 18.5. The summed E-state index contributed by atoms with van der Waals surface area (Å²) in [5, 5.41) is 2.80. The molecule has 1 aliphatic rings. The summed E-state index contributed by atoms with van der Waals surface area (Å²) in [6, 6.07) is -0.0497. The van der Waals surface area contributed by atoms with E-state index in [0.29, 0.717) is 6.54 Å².